The predicted octanol–water partition coefficient (Wildman–Crippen LogP) is 4.02. The largest absolute Gasteiger partial charge is 0.354 e. The zero-order valence-electron chi connectivity index (χ0n) is 12.3. The lowest BCUT2D eigenvalue weighted by Gasteiger charge is -2.21. The van der Waals surface area contributed by atoms with Crippen LogP contribution in [0.5, 0.6) is 0 Å². The molecule has 0 bridgehead atoms. The first-order valence-electron chi connectivity index (χ1n) is 6.80. The molecule has 0 aliphatic heterocycles. The van der Waals surface area contributed by atoms with Crippen LogP contribution in [0.4, 0.5) is 0 Å². The van der Waals surface area contributed by atoms with Gasteiger partial charge in [0.2, 0.25) is 5.91 Å². The summed E-state index contributed by atoms with van der Waals surface area (Å²) in [6.07, 6.45) is 0. The summed E-state index contributed by atoms with van der Waals surface area (Å²) in [5, 5.41) is 6.26. The summed E-state index contributed by atoms with van der Waals surface area (Å²) >= 11 is 6.99. The molecule has 0 fully saturated rings. The Morgan fingerprint density at radius 1 is 1.20 bits per heavy atom. The van der Waals surface area contributed by atoms with E-state index >= 15 is 0 Å². The summed E-state index contributed by atoms with van der Waals surface area (Å²) < 4.78 is 2.06. The van der Waals surface area contributed by atoms with Crippen molar-refractivity contribution in [3.05, 3.63) is 32.7 Å². The minimum absolute atomic E-state index is 0.0405. The van der Waals surface area contributed by atoms with E-state index in [1.807, 2.05) is 25.1 Å². The molecule has 0 saturated heterocycles. The van der Waals surface area contributed by atoms with Gasteiger partial charge in [0.1, 0.15) is 0 Å². The van der Waals surface area contributed by atoms with Gasteiger partial charge in [-0.1, -0.05) is 51.8 Å². The Bertz CT molecular complexity index is 463. The molecule has 20 heavy (non-hydrogen) atoms. The second-order valence-corrected chi connectivity index (χ2v) is 7.18. The first-order chi connectivity index (χ1) is 9.31. The Kier molecular flexibility index (Phi) is 7.20. The van der Waals surface area contributed by atoms with Crippen molar-refractivity contribution in [3.63, 3.8) is 0 Å². The molecule has 2 unspecified atom stereocenters. The molecule has 0 aromatic heterocycles. The Balaban J connectivity index is 2.60. The van der Waals surface area contributed by atoms with Crippen molar-refractivity contribution >= 4 is 37.8 Å². The summed E-state index contributed by atoms with van der Waals surface area (Å²) in [6.45, 7) is 8.82. The Morgan fingerprint density at radius 2 is 1.85 bits per heavy atom. The highest BCUT2D eigenvalue weighted by molar-refractivity contribution is 9.11. The zero-order valence-corrected chi connectivity index (χ0v) is 15.5. The highest BCUT2D eigenvalue weighted by Gasteiger charge is 2.17. The molecule has 2 atom stereocenters. The standard InChI is InChI=1S/C15H22Br2N2O/c1-9(2)8-18-15(20)11(4)19-10(3)13-6-5-12(16)7-14(13)17/h5-7,9-11,19H,8H2,1-4H3,(H,18,20). The lowest BCUT2D eigenvalue weighted by atomic mass is 10.1. The summed E-state index contributed by atoms with van der Waals surface area (Å²) in [5.74, 6) is 0.503. The van der Waals surface area contributed by atoms with E-state index in [0.29, 0.717) is 12.5 Å². The van der Waals surface area contributed by atoms with Crippen molar-refractivity contribution in [2.75, 3.05) is 6.54 Å². The van der Waals surface area contributed by atoms with Crippen LogP contribution in [0.2, 0.25) is 0 Å². The Hall–Kier alpha value is -0.390. The SMILES string of the molecule is CC(C)CNC(=O)C(C)NC(C)c1ccc(Br)cc1Br. The molecule has 3 nitrogen and oxygen atoms in total. The molecule has 0 aliphatic rings. The fourth-order valence-corrected chi connectivity index (χ4v) is 3.24. The molecular weight excluding hydrogens is 384 g/mol. The van der Waals surface area contributed by atoms with Crippen molar-refractivity contribution in [1.29, 1.82) is 0 Å². The molecular formula is C15H22Br2N2O. The zero-order chi connectivity index (χ0) is 15.3. The lowest BCUT2D eigenvalue weighted by Crippen LogP contribution is -2.44. The molecule has 1 aromatic rings. The van der Waals surface area contributed by atoms with Gasteiger partial charge in [0, 0.05) is 21.5 Å². The first-order valence-corrected chi connectivity index (χ1v) is 8.38. The third-order valence-electron chi connectivity index (χ3n) is 3.01. The van der Waals surface area contributed by atoms with Gasteiger partial charge < -0.3 is 5.32 Å². The summed E-state index contributed by atoms with van der Waals surface area (Å²) in [7, 11) is 0. The van der Waals surface area contributed by atoms with Crippen LogP contribution in [0.25, 0.3) is 0 Å². The maximum atomic E-state index is 12.0. The normalized spacial score (nSPS) is 14.2. The van der Waals surface area contributed by atoms with Crippen molar-refractivity contribution < 1.29 is 4.79 Å². The van der Waals surface area contributed by atoms with Crippen LogP contribution < -0.4 is 10.6 Å². The second-order valence-electron chi connectivity index (χ2n) is 5.41. The van der Waals surface area contributed by atoms with Crippen LogP contribution in [-0.4, -0.2) is 18.5 Å². The van der Waals surface area contributed by atoms with Gasteiger partial charge in [-0.05, 0) is 37.5 Å². The fraction of sp³-hybridized carbons (Fsp3) is 0.533. The molecule has 0 heterocycles. The molecule has 2 N–H and O–H groups in total. The van der Waals surface area contributed by atoms with Crippen molar-refractivity contribution in [3.8, 4) is 0 Å². The van der Waals surface area contributed by atoms with Crippen LogP contribution in [0.1, 0.15) is 39.3 Å². The molecule has 0 aliphatic carbocycles. The molecule has 112 valence electrons. The Morgan fingerprint density at radius 3 is 2.40 bits per heavy atom. The van der Waals surface area contributed by atoms with Gasteiger partial charge in [-0.25, -0.2) is 0 Å². The van der Waals surface area contributed by atoms with Crippen molar-refractivity contribution in [1.82, 2.24) is 10.6 Å². The number of benzene rings is 1. The summed E-state index contributed by atoms with van der Waals surface area (Å²) in [6, 6.07) is 5.93. The first kappa shape index (κ1) is 17.7. The number of hydrogen-bond donors (Lipinski definition) is 2. The molecule has 0 spiro atoms. The van der Waals surface area contributed by atoms with Crippen LogP contribution >= 0.6 is 31.9 Å². The number of carbonyl (C=O) groups excluding carboxylic acids is 1. The van der Waals surface area contributed by atoms with E-state index in [1.165, 1.54) is 0 Å². The van der Waals surface area contributed by atoms with Gasteiger partial charge in [-0.15, -0.1) is 0 Å². The van der Waals surface area contributed by atoms with Crippen LogP contribution in [0.15, 0.2) is 27.1 Å². The van der Waals surface area contributed by atoms with E-state index in [4.69, 9.17) is 0 Å². The average molecular weight is 406 g/mol. The topological polar surface area (TPSA) is 41.1 Å². The van der Waals surface area contributed by atoms with Gasteiger partial charge in [-0.2, -0.15) is 0 Å². The second kappa shape index (κ2) is 8.15. The predicted molar refractivity (Wildman–Crippen MR) is 90.7 cm³/mol. The van der Waals surface area contributed by atoms with E-state index in [1.54, 1.807) is 0 Å². The van der Waals surface area contributed by atoms with E-state index in [-0.39, 0.29) is 18.0 Å². The maximum Gasteiger partial charge on any atom is 0.236 e. The van der Waals surface area contributed by atoms with Gasteiger partial charge in [0.25, 0.3) is 0 Å². The number of halogens is 2. The van der Waals surface area contributed by atoms with E-state index in [9.17, 15) is 4.79 Å². The summed E-state index contributed by atoms with van der Waals surface area (Å²) in [5.41, 5.74) is 1.14. The fourth-order valence-electron chi connectivity index (χ4n) is 1.85. The molecule has 1 amide bonds. The van der Waals surface area contributed by atoms with Crippen LogP contribution in [0.3, 0.4) is 0 Å². The molecule has 1 aromatic carbocycles. The highest BCUT2D eigenvalue weighted by atomic mass is 79.9. The molecule has 0 radical (unpaired) electrons. The van der Waals surface area contributed by atoms with Gasteiger partial charge in [0.05, 0.1) is 6.04 Å². The van der Waals surface area contributed by atoms with Crippen LogP contribution in [0, 0.1) is 5.92 Å². The van der Waals surface area contributed by atoms with E-state index in [0.717, 1.165) is 14.5 Å². The average Bonchev–Trinajstić information content (AvgIpc) is 2.35. The smallest absolute Gasteiger partial charge is 0.236 e. The molecule has 5 heteroatoms. The minimum atomic E-state index is -0.223. The number of hydrogen-bond acceptors (Lipinski definition) is 2. The number of rotatable bonds is 6. The molecule has 0 saturated carbocycles. The monoisotopic (exact) mass is 404 g/mol. The number of amides is 1. The quantitative estimate of drug-likeness (QED) is 0.750. The van der Waals surface area contributed by atoms with Gasteiger partial charge >= 0.3 is 0 Å². The highest BCUT2D eigenvalue weighted by Crippen LogP contribution is 2.26. The van der Waals surface area contributed by atoms with Crippen molar-refractivity contribution in [2.45, 2.75) is 39.8 Å². The van der Waals surface area contributed by atoms with E-state index < -0.39 is 0 Å². The maximum absolute atomic E-state index is 12.0. The number of carbonyl (C=O) groups is 1. The third-order valence-corrected chi connectivity index (χ3v) is 4.19. The number of nitrogens with one attached hydrogen (secondary N) is 2. The van der Waals surface area contributed by atoms with Gasteiger partial charge in [-0.3, -0.25) is 10.1 Å². The van der Waals surface area contributed by atoms with E-state index in [2.05, 4.69) is 63.3 Å². The Labute approximate surface area is 138 Å². The van der Waals surface area contributed by atoms with Gasteiger partial charge in [0.15, 0.2) is 0 Å². The molecule has 1 rings (SSSR count). The minimum Gasteiger partial charge on any atom is -0.354 e. The summed E-state index contributed by atoms with van der Waals surface area (Å²) in [4.78, 5) is 12.0. The van der Waals surface area contributed by atoms with Crippen LogP contribution in [-0.2, 0) is 4.79 Å². The van der Waals surface area contributed by atoms with Crippen molar-refractivity contribution in [2.24, 2.45) is 5.92 Å². The lowest BCUT2D eigenvalue weighted by molar-refractivity contribution is -0.123. The third kappa shape index (κ3) is 5.54.